The number of thiazole rings is 1. The van der Waals surface area contributed by atoms with Gasteiger partial charge >= 0.3 is 12.1 Å². The third-order valence-electron chi connectivity index (χ3n) is 5.62. The largest absolute Gasteiger partial charge is 0.493 e. The zero-order chi connectivity index (χ0) is 32.4. The standard InChI is InChI=1S/C26H26N4O4S3.C2HF3O2/c1-32-18-8-7-15(11-19(18)33-2)13-30-20(31)14-34-17-6-4-5-16(12-17)21-22(25-29-9-10-36-25)23(24(27)28)37-26(21)35-3;3-2(4,5)1(6)7/h4-12H,13-14H2,1-3H3,(H3,27,28)(H,30,31);(H,6,7). The third-order valence-corrected chi connectivity index (χ3v) is 8.76. The van der Waals surface area contributed by atoms with Gasteiger partial charge in [0.05, 0.1) is 23.3 Å². The van der Waals surface area contributed by atoms with Crippen LogP contribution in [0.4, 0.5) is 13.2 Å². The predicted octanol–water partition coefficient (Wildman–Crippen LogP) is 5.89. The number of amidine groups is 1. The van der Waals surface area contributed by atoms with Crippen molar-refractivity contribution in [1.29, 1.82) is 5.41 Å². The van der Waals surface area contributed by atoms with Crippen LogP contribution in [-0.2, 0) is 16.1 Å². The summed E-state index contributed by atoms with van der Waals surface area (Å²) >= 11 is 4.58. The summed E-state index contributed by atoms with van der Waals surface area (Å²) < 4.78 is 49.1. The molecule has 0 fully saturated rings. The molecule has 16 heteroatoms. The highest BCUT2D eigenvalue weighted by molar-refractivity contribution is 8.00. The summed E-state index contributed by atoms with van der Waals surface area (Å²) in [7, 11) is 3.15. The number of halogens is 3. The number of aromatic nitrogens is 1. The number of benzene rings is 2. The van der Waals surface area contributed by atoms with E-state index in [4.69, 9.17) is 35.3 Å². The van der Waals surface area contributed by atoms with Gasteiger partial charge in [-0.25, -0.2) is 9.78 Å². The molecule has 2 aromatic carbocycles. The average molecular weight is 669 g/mol. The molecule has 0 saturated carbocycles. The van der Waals surface area contributed by atoms with Crippen molar-refractivity contribution in [2.45, 2.75) is 16.9 Å². The summed E-state index contributed by atoms with van der Waals surface area (Å²) in [5.41, 5.74) is 9.52. The minimum Gasteiger partial charge on any atom is -0.493 e. The second kappa shape index (κ2) is 15.4. The molecule has 0 unspecified atom stereocenters. The number of rotatable bonds is 11. The van der Waals surface area contributed by atoms with Crippen LogP contribution in [0.25, 0.3) is 21.7 Å². The smallest absolute Gasteiger partial charge is 0.490 e. The van der Waals surface area contributed by atoms with Gasteiger partial charge in [-0.2, -0.15) is 13.2 Å². The Morgan fingerprint density at radius 3 is 2.39 bits per heavy atom. The van der Waals surface area contributed by atoms with Gasteiger partial charge in [-0.1, -0.05) is 18.2 Å². The van der Waals surface area contributed by atoms with Crippen molar-refractivity contribution in [3.05, 3.63) is 64.5 Å². The highest BCUT2D eigenvalue weighted by atomic mass is 32.2. The quantitative estimate of drug-likeness (QED) is 0.0869. The van der Waals surface area contributed by atoms with E-state index in [1.807, 2.05) is 48.0 Å². The number of amides is 1. The molecule has 0 aliphatic rings. The number of carbonyl (C=O) groups excluding carboxylic acids is 1. The number of ether oxygens (including phenoxy) is 3. The molecule has 10 nitrogen and oxygen atoms in total. The lowest BCUT2D eigenvalue weighted by Gasteiger charge is -2.12. The normalized spacial score (nSPS) is 10.8. The van der Waals surface area contributed by atoms with Crippen molar-refractivity contribution in [2.75, 3.05) is 27.1 Å². The summed E-state index contributed by atoms with van der Waals surface area (Å²) in [6.07, 6.45) is -1.35. The molecule has 1 amide bonds. The van der Waals surface area contributed by atoms with E-state index < -0.39 is 12.1 Å². The maximum atomic E-state index is 12.5. The van der Waals surface area contributed by atoms with Crippen molar-refractivity contribution in [3.63, 3.8) is 0 Å². The van der Waals surface area contributed by atoms with E-state index in [1.165, 1.54) is 22.7 Å². The van der Waals surface area contributed by atoms with Gasteiger partial charge in [0, 0.05) is 29.2 Å². The predicted molar refractivity (Wildman–Crippen MR) is 164 cm³/mol. The minimum atomic E-state index is -5.08. The number of carboxylic acids is 1. The van der Waals surface area contributed by atoms with E-state index >= 15 is 0 Å². The van der Waals surface area contributed by atoms with Gasteiger partial charge in [-0.05, 0) is 41.6 Å². The van der Waals surface area contributed by atoms with E-state index in [0.29, 0.717) is 28.7 Å². The highest BCUT2D eigenvalue weighted by Gasteiger charge is 2.38. The van der Waals surface area contributed by atoms with Gasteiger partial charge in [0.2, 0.25) is 0 Å². The number of methoxy groups -OCH3 is 2. The molecule has 0 atom stereocenters. The maximum absolute atomic E-state index is 12.5. The Morgan fingerprint density at radius 1 is 1.11 bits per heavy atom. The number of hydrogen-bond donors (Lipinski definition) is 4. The Bertz CT molecular complexity index is 1610. The lowest BCUT2D eigenvalue weighted by Crippen LogP contribution is -2.28. The number of thiophene rings is 1. The minimum absolute atomic E-state index is 0.00954. The molecule has 2 heterocycles. The van der Waals surface area contributed by atoms with Crippen molar-refractivity contribution in [3.8, 4) is 38.9 Å². The Hall–Kier alpha value is -4.28. The van der Waals surface area contributed by atoms with Crippen LogP contribution < -0.4 is 25.3 Å². The number of carboxylic acid groups (broad SMARTS) is 1. The SMILES string of the molecule is COc1ccc(CNC(=O)COc2cccc(-c3c(SC)sc(C(=N)N)c3-c3nccs3)c2)cc1OC.O=C(O)C(F)(F)F. The topological polar surface area (TPSA) is 157 Å². The van der Waals surface area contributed by atoms with Gasteiger partial charge < -0.3 is 30.4 Å². The van der Waals surface area contributed by atoms with Crippen molar-refractivity contribution in [2.24, 2.45) is 5.73 Å². The molecule has 0 saturated heterocycles. The molecule has 5 N–H and O–H groups in total. The van der Waals surface area contributed by atoms with Crippen LogP contribution in [0.3, 0.4) is 0 Å². The first-order valence-corrected chi connectivity index (χ1v) is 15.3. The van der Waals surface area contributed by atoms with Gasteiger partial charge in [0.1, 0.15) is 16.6 Å². The molecule has 0 radical (unpaired) electrons. The first-order valence-electron chi connectivity index (χ1n) is 12.4. The second-order valence-electron chi connectivity index (χ2n) is 8.51. The van der Waals surface area contributed by atoms with Gasteiger partial charge in [-0.3, -0.25) is 10.2 Å². The molecule has 0 aliphatic carbocycles. The summed E-state index contributed by atoms with van der Waals surface area (Å²) in [4.78, 5) is 26.5. The molecule has 4 rings (SSSR count). The monoisotopic (exact) mass is 668 g/mol. The molecule has 0 bridgehead atoms. The first kappa shape index (κ1) is 34.2. The van der Waals surface area contributed by atoms with Gasteiger partial charge in [0.25, 0.3) is 5.91 Å². The van der Waals surface area contributed by atoms with Gasteiger partial charge in [0.15, 0.2) is 18.1 Å². The average Bonchev–Trinajstić information content (AvgIpc) is 3.67. The van der Waals surface area contributed by atoms with Crippen molar-refractivity contribution >= 4 is 52.1 Å². The van der Waals surface area contributed by atoms with Gasteiger partial charge in [-0.15, -0.1) is 34.4 Å². The number of thioether (sulfide) groups is 1. The van der Waals surface area contributed by atoms with E-state index in [9.17, 15) is 18.0 Å². The van der Waals surface area contributed by atoms with Crippen LogP contribution in [-0.4, -0.2) is 61.1 Å². The number of nitrogens with one attached hydrogen (secondary N) is 2. The van der Waals surface area contributed by atoms with Crippen molar-refractivity contribution in [1.82, 2.24) is 10.3 Å². The molecular formula is C28H27F3N4O6S3. The molecule has 0 spiro atoms. The fourth-order valence-corrected chi connectivity index (χ4v) is 6.37. The Kier molecular flexibility index (Phi) is 12.0. The van der Waals surface area contributed by atoms with Crippen LogP contribution in [0.5, 0.6) is 17.2 Å². The third kappa shape index (κ3) is 8.87. The number of nitrogens with two attached hydrogens (primary N) is 1. The number of aliphatic carboxylic acids is 1. The lowest BCUT2D eigenvalue weighted by molar-refractivity contribution is -0.192. The maximum Gasteiger partial charge on any atom is 0.490 e. The van der Waals surface area contributed by atoms with E-state index in [1.54, 1.807) is 38.2 Å². The van der Waals surface area contributed by atoms with Crippen molar-refractivity contribution < 1.29 is 42.1 Å². The molecule has 44 heavy (non-hydrogen) atoms. The molecule has 234 valence electrons. The first-order chi connectivity index (χ1) is 20.9. The molecular weight excluding hydrogens is 642 g/mol. The van der Waals surface area contributed by atoms with Crippen LogP contribution in [0.15, 0.2) is 58.3 Å². The van der Waals surface area contributed by atoms with E-state index in [2.05, 4.69) is 10.3 Å². The number of hydrogen-bond acceptors (Lipinski definition) is 10. The fraction of sp³-hybridized carbons (Fsp3) is 0.214. The Morgan fingerprint density at radius 2 is 1.82 bits per heavy atom. The number of nitrogen functional groups attached to an aromatic ring is 1. The fourth-order valence-electron chi connectivity index (χ4n) is 3.69. The molecule has 2 aromatic heterocycles. The zero-order valence-electron chi connectivity index (χ0n) is 23.5. The van der Waals surface area contributed by atoms with Crippen LogP contribution >= 0.6 is 34.4 Å². The van der Waals surface area contributed by atoms with E-state index in [0.717, 1.165) is 31.5 Å². The number of nitrogens with zero attached hydrogens (tertiary/aromatic N) is 1. The number of carbonyl (C=O) groups is 2. The summed E-state index contributed by atoms with van der Waals surface area (Å²) in [6, 6.07) is 13.1. The summed E-state index contributed by atoms with van der Waals surface area (Å²) in [5.74, 6) is -1.20. The highest BCUT2D eigenvalue weighted by Crippen LogP contribution is 2.47. The lowest BCUT2D eigenvalue weighted by atomic mass is 10.0. The number of alkyl halides is 3. The van der Waals surface area contributed by atoms with Crippen LogP contribution in [0.2, 0.25) is 0 Å². The molecule has 4 aromatic rings. The van der Waals surface area contributed by atoms with E-state index in [-0.39, 0.29) is 18.3 Å². The second-order valence-corrected chi connectivity index (χ2v) is 11.5. The Labute approximate surface area is 262 Å². The van der Waals surface area contributed by atoms with Crippen LogP contribution in [0, 0.1) is 5.41 Å². The van der Waals surface area contributed by atoms with Crippen LogP contribution in [0.1, 0.15) is 10.4 Å². The zero-order valence-corrected chi connectivity index (χ0v) is 25.9. The summed E-state index contributed by atoms with van der Waals surface area (Å²) in [6.45, 7) is 0.202. The molecule has 0 aliphatic heterocycles. The Balaban J connectivity index is 0.000000676. The summed E-state index contributed by atoms with van der Waals surface area (Å²) in [5, 5.41) is 20.8.